The quantitative estimate of drug-likeness (QED) is 0.0733. The molecule has 4 bridgehead atoms. The van der Waals surface area contributed by atoms with Crippen LogP contribution in [0.3, 0.4) is 0 Å². The van der Waals surface area contributed by atoms with Gasteiger partial charge in [0.1, 0.15) is 30.8 Å². The van der Waals surface area contributed by atoms with Crippen LogP contribution in [0.25, 0.3) is 32.8 Å². The Balaban J connectivity index is 1.15. The maximum Gasteiger partial charge on any atom is 0.410 e. The number of aromatic nitrogens is 2. The van der Waals surface area contributed by atoms with Gasteiger partial charge in [-0.2, -0.15) is 9.97 Å². The number of nitrogens with zero attached hydrogens (tertiary/aromatic N) is 5. The molecule has 4 saturated heterocycles. The minimum absolute atomic E-state index is 0.00164. The molecule has 5 fully saturated rings. The molecule has 65 heavy (non-hydrogen) atoms. The molecule has 0 N–H and O–H groups in total. The normalized spacial score (nSPS) is 22.7. The highest BCUT2D eigenvalue weighted by Crippen LogP contribution is 2.49. The molecule has 1 aliphatic carbocycles. The van der Waals surface area contributed by atoms with Gasteiger partial charge in [0, 0.05) is 66.6 Å². The lowest BCUT2D eigenvalue weighted by Gasteiger charge is -2.42. The molecule has 13 heteroatoms. The molecule has 4 atom stereocenters. The second kappa shape index (κ2) is 17.6. The SMILES string of the molecule is COCOc1cc(-c2ccc3c(N4CC5CCC(C4)N5C(=O)OC(C)(C)C)nc(OCC4(CN5CC6CC5CO6)CC4)nc3c2F)c2c(C#C[Si](C(C)C)(C(C)C)C(C)C)cccc2c1. The summed E-state index contributed by atoms with van der Waals surface area (Å²) in [5, 5.41) is 2.35. The van der Waals surface area contributed by atoms with E-state index in [4.69, 9.17) is 33.7 Å². The zero-order valence-electron chi connectivity index (χ0n) is 40.1. The molecule has 5 aliphatic rings. The van der Waals surface area contributed by atoms with Gasteiger partial charge in [0.15, 0.2) is 12.6 Å². The Morgan fingerprint density at radius 3 is 2.28 bits per heavy atom. The fourth-order valence-electron chi connectivity index (χ4n) is 11.7. The molecule has 3 aromatic carbocycles. The van der Waals surface area contributed by atoms with Crippen molar-refractivity contribution in [3.8, 4) is 34.4 Å². The van der Waals surface area contributed by atoms with Crippen LogP contribution in [0, 0.1) is 22.7 Å². The van der Waals surface area contributed by atoms with Crippen molar-refractivity contribution >= 4 is 41.7 Å². The third kappa shape index (κ3) is 8.81. The van der Waals surface area contributed by atoms with Crippen LogP contribution in [0.5, 0.6) is 11.8 Å². The summed E-state index contributed by atoms with van der Waals surface area (Å²) < 4.78 is 47.7. The van der Waals surface area contributed by atoms with Gasteiger partial charge in [-0.25, -0.2) is 9.18 Å². The van der Waals surface area contributed by atoms with Crippen molar-refractivity contribution in [2.45, 2.75) is 141 Å². The minimum atomic E-state index is -2.11. The fraction of sp³-hybridized carbons (Fsp3) is 0.596. The molecule has 11 nitrogen and oxygen atoms in total. The van der Waals surface area contributed by atoms with Crippen LogP contribution in [0.15, 0.2) is 42.5 Å². The number of piperazine rings is 1. The predicted octanol–water partition coefficient (Wildman–Crippen LogP) is 10.4. The molecule has 1 aromatic heterocycles. The molecule has 4 aromatic rings. The molecular formula is C52H68FN5O6Si. The van der Waals surface area contributed by atoms with Crippen LogP contribution in [-0.2, 0) is 14.2 Å². The summed E-state index contributed by atoms with van der Waals surface area (Å²) in [5.41, 5.74) is 6.77. The van der Waals surface area contributed by atoms with Gasteiger partial charge in [-0.1, -0.05) is 65.7 Å². The third-order valence-corrected chi connectivity index (χ3v) is 21.3. The van der Waals surface area contributed by atoms with Gasteiger partial charge in [0.05, 0.1) is 31.4 Å². The Kier molecular flexibility index (Phi) is 12.4. The first-order valence-electron chi connectivity index (χ1n) is 24.0. The number of hydrogen-bond acceptors (Lipinski definition) is 10. The Morgan fingerprint density at radius 1 is 0.938 bits per heavy atom. The first-order chi connectivity index (χ1) is 31.0. The summed E-state index contributed by atoms with van der Waals surface area (Å²) >= 11 is 0. The number of likely N-dealkylation sites (tertiary alicyclic amines) is 1. The first-order valence-corrected chi connectivity index (χ1v) is 26.2. The molecular weight excluding hydrogens is 838 g/mol. The number of amides is 1. The number of morpholine rings is 1. The largest absolute Gasteiger partial charge is 0.468 e. The van der Waals surface area contributed by atoms with Crippen molar-refractivity contribution in [1.29, 1.82) is 0 Å². The summed E-state index contributed by atoms with van der Waals surface area (Å²) in [4.78, 5) is 30.2. The van der Waals surface area contributed by atoms with E-state index in [0.29, 0.717) is 76.5 Å². The molecule has 1 saturated carbocycles. The number of benzene rings is 3. The molecule has 1 amide bonds. The van der Waals surface area contributed by atoms with E-state index in [2.05, 4.69) is 68.9 Å². The van der Waals surface area contributed by atoms with E-state index in [1.165, 1.54) is 0 Å². The molecule has 348 valence electrons. The molecule has 4 unspecified atom stereocenters. The van der Waals surface area contributed by atoms with E-state index in [0.717, 1.165) is 68.1 Å². The second-order valence-electron chi connectivity index (χ2n) is 21.5. The van der Waals surface area contributed by atoms with Gasteiger partial charge >= 0.3 is 12.1 Å². The lowest BCUT2D eigenvalue weighted by molar-refractivity contribution is 0.0122. The van der Waals surface area contributed by atoms with Crippen LogP contribution in [0.4, 0.5) is 15.0 Å². The average Bonchev–Trinajstić information content (AvgIpc) is 3.53. The fourth-order valence-corrected chi connectivity index (χ4v) is 16.9. The number of rotatable bonds is 13. The van der Waals surface area contributed by atoms with E-state index >= 15 is 4.39 Å². The van der Waals surface area contributed by atoms with Crippen LogP contribution in [-0.4, -0.2) is 117 Å². The number of methoxy groups -OCH3 is 1. The van der Waals surface area contributed by atoms with E-state index in [1.807, 2.05) is 62.1 Å². The Hall–Kier alpha value is -4.48. The van der Waals surface area contributed by atoms with E-state index in [1.54, 1.807) is 7.11 Å². The van der Waals surface area contributed by atoms with Gasteiger partial charge in [0.2, 0.25) is 0 Å². The van der Waals surface area contributed by atoms with Gasteiger partial charge in [-0.05, 0) is 105 Å². The van der Waals surface area contributed by atoms with Crippen LogP contribution in [0.1, 0.15) is 100.0 Å². The third-order valence-electron chi connectivity index (χ3n) is 15.0. The maximum atomic E-state index is 18.0. The van der Waals surface area contributed by atoms with Crippen molar-refractivity contribution in [1.82, 2.24) is 19.8 Å². The van der Waals surface area contributed by atoms with Crippen LogP contribution >= 0.6 is 0 Å². The highest BCUT2D eigenvalue weighted by molar-refractivity contribution is 6.90. The van der Waals surface area contributed by atoms with Crippen molar-refractivity contribution in [3.63, 3.8) is 0 Å². The number of carbonyl (C=O) groups excluding carboxylic acids is 1. The number of anilines is 1. The summed E-state index contributed by atoms with van der Waals surface area (Å²) in [5.74, 6) is 4.40. The summed E-state index contributed by atoms with van der Waals surface area (Å²) in [6.07, 6.45) is 4.97. The zero-order valence-corrected chi connectivity index (χ0v) is 41.1. The standard InChI is InChI=1S/C52H68FN5O6Si/c1-32(2)65(33(3)4,34(5)6)21-18-35-12-11-13-36-22-40(63-31-60-10)24-44(45(35)36)42-16-17-43-47(46(42)53)54-49(62-30-52(19-20-52)29-57-27-41-23-39(57)28-61-41)55-48(43)56-25-37-14-15-38(26-56)58(37)50(59)64-51(7,8)9/h11-13,16-17,22,24,32-34,37-39,41H,14-15,19-20,23,25-31H2,1-10H3. The van der Waals surface area contributed by atoms with E-state index in [9.17, 15) is 4.79 Å². The van der Waals surface area contributed by atoms with E-state index in [-0.39, 0.29) is 41.9 Å². The summed E-state index contributed by atoms with van der Waals surface area (Å²) in [6, 6.07) is 14.3. The molecule has 0 radical (unpaired) electrons. The predicted molar refractivity (Wildman–Crippen MR) is 257 cm³/mol. The highest BCUT2D eigenvalue weighted by atomic mass is 28.3. The zero-order chi connectivity index (χ0) is 46.0. The summed E-state index contributed by atoms with van der Waals surface area (Å²) in [7, 11) is -0.520. The molecule has 9 rings (SSSR count). The van der Waals surface area contributed by atoms with Crippen LogP contribution < -0.4 is 14.4 Å². The Bertz CT molecular complexity index is 2480. The van der Waals surface area contributed by atoms with Crippen molar-refractivity contribution in [2.75, 3.05) is 58.2 Å². The lowest BCUT2D eigenvalue weighted by Crippen LogP contribution is -2.57. The van der Waals surface area contributed by atoms with Gasteiger partial charge in [-0.15, -0.1) is 5.54 Å². The first kappa shape index (κ1) is 45.7. The smallest absolute Gasteiger partial charge is 0.410 e. The van der Waals surface area contributed by atoms with Gasteiger partial charge in [0.25, 0.3) is 0 Å². The molecule has 0 spiro atoms. The van der Waals surface area contributed by atoms with Gasteiger partial charge in [-0.3, -0.25) is 9.80 Å². The van der Waals surface area contributed by atoms with Crippen molar-refractivity contribution in [2.24, 2.45) is 5.41 Å². The lowest BCUT2D eigenvalue weighted by atomic mass is 9.93. The topological polar surface area (TPSA) is 98.7 Å². The minimum Gasteiger partial charge on any atom is -0.468 e. The second-order valence-corrected chi connectivity index (χ2v) is 27.0. The van der Waals surface area contributed by atoms with Crippen molar-refractivity contribution in [3.05, 3.63) is 53.8 Å². The Labute approximate surface area is 385 Å². The number of halogens is 1. The number of ether oxygens (including phenoxy) is 5. The number of carbonyl (C=O) groups is 1. The maximum absolute atomic E-state index is 18.0. The van der Waals surface area contributed by atoms with E-state index < -0.39 is 19.5 Å². The molecule has 5 heterocycles. The van der Waals surface area contributed by atoms with Crippen molar-refractivity contribution < 1.29 is 32.9 Å². The summed E-state index contributed by atoms with van der Waals surface area (Å²) in [6.45, 7) is 23.9. The highest BCUT2D eigenvalue weighted by Gasteiger charge is 2.50. The number of hydrogen-bond donors (Lipinski definition) is 0. The number of fused-ring (bicyclic) bond motifs is 6. The van der Waals surface area contributed by atoms with Crippen LogP contribution in [0.2, 0.25) is 16.6 Å². The molecule has 4 aliphatic heterocycles. The Morgan fingerprint density at radius 2 is 1.66 bits per heavy atom. The average molecular weight is 906 g/mol. The van der Waals surface area contributed by atoms with Gasteiger partial charge < -0.3 is 28.6 Å². The monoisotopic (exact) mass is 905 g/mol.